The monoisotopic (exact) mass is 346 g/mol. The van der Waals surface area contributed by atoms with E-state index in [9.17, 15) is 0 Å². The lowest BCUT2D eigenvalue weighted by atomic mass is 9.98. The molecule has 2 rings (SSSR count). The second-order valence-corrected chi connectivity index (χ2v) is 6.66. The van der Waals surface area contributed by atoms with E-state index in [1.165, 1.54) is 16.7 Å². The fraction of sp³-hybridized carbons (Fsp3) is 0.389. The fourth-order valence-electron chi connectivity index (χ4n) is 2.99. The molecule has 1 heterocycles. The van der Waals surface area contributed by atoms with Gasteiger partial charge in [0, 0.05) is 27.9 Å². The summed E-state index contributed by atoms with van der Waals surface area (Å²) < 4.78 is 1.11. The molecule has 0 saturated heterocycles. The first kappa shape index (κ1) is 16.2. The number of nitrogens with one attached hydrogen (secondary N) is 1. The van der Waals surface area contributed by atoms with Gasteiger partial charge in [-0.25, -0.2) is 0 Å². The molecule has 2 aromatic rings. The van der Waals surface area contributed by atoms with Gasteiger partial charge in [0.15, 0.2) is 0 Å². The summed E-state index contributed by atoms with van der Waals surface area (Å²) in [6.45, 7) is 10.7. The van der Waals surface area contributed by atoms with Crippen LogP contribution in [0, 0.1) is 20.8 Å². The maximum absolute atomic E-state index is 4.60. The van der Waals surface area contributed by atoms with E-state index in [1.54, 1.807) is 0 Å². The van der Waals surface area contributed by atoms with Crippen molar-refractivity contribution in [2.75, 3.05) is 0 Å². The summed E-state index contributed by atoms with van der Waals surface area (Å²) >= 11 is 3.48. The van der Waals surface area contributed by atoms with Crippen LogP contribution < -0.4 is 5.32 Å². The summed E-state index contributed by atoms with van der Waals surface area (Å²) in [5.74, 6) is 0. The summed E-state index contributed by atoms with van der Waals surface area (Å²) in [6, 6.07) is 11.2. The average molecular weight is 347 g/mol. The average Bonchev–Trinajstić information content (AvgIpc) is 2.37. The lowest BCUT2D eigenvalue weighted by Crippen LogP contribution is -2.24. The van der Waals surface area contributed by atoms with Crippen LogP contribution in [-0.2, 0) is 0 Å². The number of aromatic nitrogens is 1. The summed E-state index contributed by atoms with van der Waals surface area (Å²) in [5, 5.41) is 3.68. The molecule has 0 saturated carbocycles. The highest BCUT2D eigenvalue weighted by Gasteiger charge is 2.16. The van der Waals surface area contributed by atoms with Gasteiger partial charge in [0.1, 0.15) is 0 Å². The van der Waals surface area contributed by atoms with Crippen molar-refractivity contribution in [3.63, 3.8) is 0 Å². The predicted molar refractivity (Wildman–Crippen MR) is 92.6 cm³/mol. The zero-order valence-electron chi connectivity index (χ0n) is 13.4. The molecule has 0 aliphatic carbocycles. The normalized spacial score (nSPS) is 14.0. The van der Waals surface area contributed by atoms with E-state index in [2.05, 4.69) is 84.3 Å². The minimum absolute atomic E-state index is 0.275. The third kappa shape index (κ3) is 3.92. The Hall–Kier alpha value is -1.19. The third-order valence-corrected chi connectivity index (χ3v) is 4.42. The molecule has 0 fully saturated rings. The zero-order valence-corrected chi connectivity index (χ0v) is 15.0. The van der Waals surface area contributed by atoms with Gasteiger partial charge in [-0.1, -0.05) is 28.1 Å². The smallest absolute Gasteiger partial charge is 0.0426 e. The molecule has 2 atom stereocenters. The highest BCUT2D eigenvalue weighted by molar-refractivity contribution is 9.10. The van der Waals surface area contributed by atoms with Gasteiger partial charge >= 0.3 is 0 Å². The molecule has 3 heteroatoms. The Morgan fingerprint density at radius 2 is 1.62 bits per heavy atom. The van der Waals surface area contributed by atoms with Crippen LogP contribution in [0.4, 0.5) is 0 Å². The predicted octanol–water partition coefficient (Wildman–Crippen LogP) is 5.18. The van der Waals surface area contributed by atoms with Crippen LogP contribution in [0.1, 0.15) is 54.0 Å². The van der Waals surface area contributed by atoms with Gasteiger partial charge in [0.25, 0.3) is 0 Å². The van der Waals surface area contributed by atoms with Crippen LogP contribution >= 0.6 is 15.9 Å². The zero-order chi connectivity index (χ0) is 15.6. The van der Waals surface area contributed by atoms with E-state index < -0.39 is 0 Å². The number of rotatable bonds is 4. The molecule has 1 aromatic heterocycles. The first-order chi connectivity index (χ1) is 9.88. The van der Waals surface area contributed by atoms with Crippen molar-refractivity contribution in [3.8, 4) is 0 Å². The Bertz CT molecular complexity index is 597. The lowest BCUT2D eigenvalue weighted by Gasteiger charge is -2.23. The summed E-state index contributed by atoms with van der Waals surface area (Å²) in [7, 11) is 0. The van der Waals surface area contributed by atoms with E-state index in [0.29, 0.717) is 6.04 Å². The lowest BCUT2D eigenvalue weighted by molar-refractivity contribution is 0.490. The molecule has 112 valence electrons. The SMILES string of the molecule is Cc1cc(C)c(C(C)N[C@H](C)c2ccc(Br)cc2)c(C)n1. The van der Waals surface area contributed by atoms with E-state index in [1.807, 2.05) is 6.92 Å². The molecule has 1 aromatic carbocycles. The standard InChI is InChI=1S/C18H23BrN2/c1-11-10-12(2)20-14(4)18(11)15(5)21-13(3)16-6-8-17(19)9-7-16/h6-10,13,15,21H,1-5H3/t13-,15?/m1/s1. The van der Waals surface area contributed by atoms with Crippen molar-refractivity contribution >= 4 is 15.9 Å². The largest absolute Gasteiger partial charge is 0.304 e. The fourth-order valence-corrected chi connectivity index (χ4v) is 3.26. The first-order valence-electron chi connectivity index (χ1n) is 7.34. The summed E-state index contributed by atoms with van der Waals surface area (Å²) in [4.78, 5) is 4.60. The number of hydrogen-bond donors (Lipinski definition) is 1. The second kappa shape index (κ2) is 6.71. The Balaban J connectivity index is 2.18. The van der Waals surface area contributed by atoms with Crippen molar-refractivity contribution in [2.24, 2.45) is 0 Å². The Labute approximate surface area is 136 Å². The van der Waals surface area contributed by atoms with Crippen LogP contribution in [0.5, 0.6) is 0 Å². The minimum Gasteiger partial charge on any atom is -0.304 e. The number of hydrogen-bond acceptors (Lipinski definition) is 2. The van der Waals surface area contributed by atoms with Crippen LogP contribution in [0.25, 0.3) is 0 Å². The van der Waals surface area contributed by atoms with Crippen LogP contribution in [0.2, 0.25) is 0 Å². The second-order valence-electron chi connectivity index (χ2n) is 5.74. The van der Waals surface area contributed by atoms with Crippen molar-refractivity contribution in [3.05, 3.63) is 62.9 Å². The van der Waals surface area contributed by atoms with Crippen molar-refractivity contribution in [1.29, 1.82) is 0 Å². The van der Waals surface area contributed by atoms with Gasteiger partial charge in [0.2, 0.25) is 0 Å². The molecule has 0 aliphatic heterocycles. The summed E-state index contributed by atoms with van der Waals surface area (Å²) in [5.41, 5.74) is 6.12. The number of aryl methyl sites for hydroxylation is 3. The van der Waals surface area contributed by atoms with E-state index in [0.717, 1.165) is 15.9 Å². The highest BCUT2D eigenvalue weighted by Crippen LogP contribution is 2.25. The molecule has 0 bridgehead atoms. The Kier molecular flexibility index (Phi) is 5.17. The third-order valence-electron chi connectivity index (χ3n) is 3.89. The number of benzene rings is 1. The topological polar surface area (TPSA) is 24.9 Å². The van der Waals surface area contributed by atoms with Crippen LogP contribution in [0.15, 0.2) is 34.8 Å². The Morgan fingerprint density at radius 3 is 2.19 bits per heavy atom. The van der Waals surface area contributed by atoms with Crippen LogP contribution in [-0.4, -0.2) is 4.98 Å². The molecule has 0 amide bonds. The number of pyridine rings is 1. The van der Waals surface area contributed by atoms with Gasteiger partial charge < -0.3 is 5.32 Å². The molecule has 0 spiro atoms. The maximum atomic E-state index is 4.60. The molecular formula is C18H23BrN2. The van der Waals surface area contributed by atoms with Gasteiger partial charge in [-0.15, -0.1) is 0 Å². The molecule has 2 nitrogen and oxygen atoms in total. The van der Waals surface area contributed by atoms with Gasteiger partial charge in [-0.05, 0) is 69.5 Å². The molecule has 0 radical (unpaired) electrons. The molecule has 1 unspecified atom stereocenters. The molecule has 21 heavy (non-hydrogen) atoms. The minimum atomic E-state index is 0.275. The van der Waals surface area contributed by atoms with E-state index >= 15 is 0 Å². The quantitative estimate of drug-likeness (QED) is 0.824. The molecule has 0 aliphatic rings. The molecule has 1 N–H and O–H groups in total. The van der Waals surface area contributed by atoms with Crippen molar-refractivity contribution in [1.82, 2.24) is 10.3 Å². The molecular weight excluding hydrogens is 324 g/mol. The van der Waals surface area contributed by atoms with Gasteiger partial charge in [-0.2, -0.15) is 0 Å². The first-order valence-corrected chi connectivity index (χ1v) is 8.14. The van der Waals surface area contributed by atoms with Crippen LogP contribution in [0.3, 0.4) is 0 Å². The summed E-state index contributed by atoms with van der Waals surface area (Å²) in [6.07, 6.45) is 0. The van der Waals surface area contributed by atoms with Crippen molar-refractivity contribution < 1.29 is 0 Å². The highest BCUT2D eigenvalue weighted by atomic mass is 79.9. The van der Waals surface area contributed by atoms with E-state index in [-0.39, 0.29) is 6.04 Å². The number of nitrogens with zero attached hydrogens (tertiary/aromatic N) is 1. The Morgan fingerprint density at radius 1 is 1.00 bits per heavy atom. The van der Waals surface area contributed by atoms with Gasteiger partial charge in [-0.3, -0.25) is 4.98 Å². The van der Waals surface area contributed by atoms with Crippen molar-refractivity contribution in [2.45, 2.75) is 46.7 Å². The number of halogens is 1. The van der Waals surface area contributed by atoms with E-state index in [4.69, 9.17) is 0 Å². The van der Waals surface area contributed by atoms with Gasteiger partial charge in [0.05, 0.1) is 0 Å². The maximum Gasteiger partial charge on any atom is 0.0426 e.